The fourth-order valence-corrected chi connectivity index (χ4v) is 2.54. The van der Waals surface area contributed by atoms with E-state index in [4.69, 9.17) is 4.74 Å². The van der Waals surface area contributed by atoms with Crippen molar-refractivity contribution in [1.82, 2.24) is 5.32 Å². The standard InChI is InChI=1S/C15H19NO3/c1-12(17)16-15(10-11-19-14(15)18)9-5-8-13-6-3-2-4-7-13/h2-4,6-7H,5,8-11H2,1H3,(H,16,17). The molecule has 0 saturated carbocycles. The first-order valence-corrected chi connectivity index (χ1v) is 6.62. The molecule has 1 aromatic rings. The summed E-state index contributed by atoms with van der Waals surface area (Å²) in [4.78, 5) is 23.1. The molecule has 2 rings (SSSR count). The van der Waals surface area contributed by atoms with Gasteiger partial charge >= 0.3 is 5.97 Å². The number of nitrogens with one attached hydrogen (secondary N) is 1. The lowest BCUT2D eigenvalue weighted by Gasteiger charge is -2.25. The molecule has 1 aliphatic heterocycles. The average Bonchev–Trinajstić information content (AvgIpc) is 2.71. The quantitative estimate of drug-likeness (QED) is 0.823. The van der Waals surface area contributed by atoms with Crippen LogP contribution in [-0.2, 0) is 20.7 Å². The first kappa shape index (κ1) is 13.6. The molecule has 0 bridgehead atoms. The molecule has 1 amide bonds. The van der Waals surface area contributed by atoms with Crippen LogP contribution in [0.2, 0.25) is 0 Å². The topological polar surface area (TPSA) is 55.4 Å². The molecule has 1 N–H and O–H groups in total. The lowest BCUT2D eigenvalue weighted by Crippen LogP contribution is -2.51. The Balaban J connectivity index is 1.94. The summed E-state index contributed by atoms with van der Waals surface area (Å²) in [6.07, 6.45) is 2.94. The summed E-state index contributed by atoms with van der Waals surface area (Å²) in [5, 5.41) is 2.78. The lowest BCUT2D eigenvalue weighted by molar-refractivity contribution is -0.145. The van der Waals surface area contributed by atoms with Crippen molar-refractivity contribution in [3.63, 3.8) is 0 Å². The second-order valence-electron chi connectivity index (χ2n) is 4.99. The summed E-state index contributed by atoms with van der Waals surface area (Å²) in [6, 6.07) is 10.1. The van der Waals surface area contributed by atoms with Gasteiger partial charge in [-0.2, -0.15) is 0 Å². The summed E-state index contributed by atoms with van der Waals surface area (Å²) in [7, 11) is 0. The number of amides is 1. The number of carbonyl (C=O) groups excluding carboxylic acids is 2. The van der Waals surface area contributed by atoms with Gasteiger partial charge in [0.15, 0.2) is 0 Å². The molecule has 19 heavy (non-hydrogen) atoms. The van der Waals surface area contributed by atoms with Crippen molar-refractivity contribution in [2.75, 3.05) is 6.61 Å². The van der Waals surface area contributed by atoms with Gasteiger partial charge in [0.2, 0.25) is 5.91 Å². The Morgan fingerprint density at radius 3 is 2.68 bits per heavy atom. The van der Waals surface area contributed by atoms with Crippen molar-refractivity contribution in [2.45, 2.75) is 38.1 Å². The van der Waals surface area contributed by atoms with E-state index < -0.39 is 5.54 Å². The maximum atomic E-state index is 11.8. The number of ether oxygens (including phenoxy) is 1. The van der Waals surface area contributed by atoms with Crippen LogP contribution in [0.25, 0.3) is 0 Å². The molecule has 4 heteroatoms. The van der Waals surface area contributed by atoms with E-state index in [1.165, 1.54) is 12.5 Å². The third-order valence-electron chi connectivity index (χ3n) is 3.48. The number of aryl methyl sites for hydroxylation is 1. The molecule has 0 spiro atoms. The van der Waals surface area contributed by atoms with Gasteiger partial charge in [-0.15, -0.1) is 0 Å². The summed E-state index contributed by atoms with van der Waals surface area (Å²) in [5.74, 6) is -0.477. The van der Waals surface area contributed by atoms with Gasteiger partial charge in [-0.05, 0) is 24.8 Å². The number of hydrogen-bond acceptors (Lipinski definition) is 3. The molecule has 1 heterocycles. The first-order chi connectivity index (χ1) is 9.12. The van der Waals surface area contributed by atoms with Crippen LogP contribution in [0.4, 0.5) is 0 Å². The summed E-state index contributed by atoms with van der Waals surface area (Å²) in [6.45, 7) is 1.83. The number of cyclic esters (lactones) is 1. The Kier molecular flexibility index (Phi) is 4.20. The van der Waals surface area contributed by atoms with Crippen LogP contribution >= 0.6 is 0 Å². The van der Waals surface area contributed by atoms with E-state index in [0.29, 0.717) is 19.4 Å². The SMILES string of the molecule is CC(=O)NC1(CCCc2ccccc2)CCOC1=O. The molecule has 0 aliphatic carbocycles. The van der Waals surface area contributed by atoms with Gasteiger partial charge in [0, 0.05) is 13.3 Å². The average molecular weight is 261 g/mol. The van der Waals surface area contributed by atoms with Gasteiger partial charge in [-0.1, -0.05) is 30.3 Å². The highest BCUT2D eigenvalue weighted by Gasteiger charge is 2.44. The van der Waals surface area contributed by atoms with Crippen LogP contribution in [-0.4, -0.2) is 24.0 Å². The molecule has 1 unspecified atom stereocenters. The third kappa shape index (κ3) is 3.34. The highest BCUT2D eigenvalue weighted by molar-refractivity contribution is 5.88. The molecule has 1 fully saturated rings. The minimum atomic E-state index is -0.805. The highest BCUT2D eigenvalue weighted by atomic mass is 16.5. The zero-order valence-corrected chi connectivity index (χ0v) is 11.1. The van der Waals surface area contributed by atoms with Crippen LogP contribution < -0.4 is 5.32 Å². The maximum absolute atomic E-state index is 11.8. The smallest absolute Gasteiger partial charge is 0.331 e. The van der Waals surface area contributed by atoms with Crippen LogP contribution in [0.5, 0.6) is 0 Å². The molecule has 0 radical (unpaired) electrons. The monoisotopic (exact) mass is 261 g/mol. The van der Waals surface area contributed by atoms with E-state index in [-0.39, 0.29) is 11.9 Å². The number of benzene rings is 1. The van der Waals surface area contributed by atoms with E-state index in [9.17, 15) is 9.59 Å². The van der Waals surface area contributed by atoms with Gasteiger partial charge in [0.1, 0.15) is 5.54 Å². The molecule has 1 aromatic carbocycles. The van der Waals surface area contributed by atoms with Crippen molar-refractivity contribution in [1.29, 1.82) is 0 Å². The molecular weight excluding hydrogens is 242 g/mol. The minimum Gasteiger partial charge on any atom is -0.464 e. The fourth-order valence-electron chi connectivity index (χ4n) is 2.54. The highest BCUT2D eigenvalue weighted by Crippen LogP contribution is 2.26. The predicted molar refractivity (Wildman–Crippen MR) is 71.5 cm³/mol. The van der Waals surface area contributed by atoms with Crippen molar-refractivity contribution >= 4 is 11.9 Å². The fraction of sp³-hybridized carbons (Fsp3) is 0.467. The van der Waals surface area contributed by atoms with E-state index in [0.717, 1.165) is 12.8 Å². The van der Waals surface area contributed by atoms with Gasteiger partial charge in [0.05, 0.1) is 6.61 Å². The second kappa shape index (κ2) is 5.87. The van der Waals surface area contributed by atoms with Crippen LogP contribution in [0.3, 0.4) is 0 Å². The summed E-state index contributed by atoms with van der Waals surface area (Å²) < 4.78 is 5.02. The third-order valence-corrected chi connectivity index (χ3v) is 3.48. The predicted octanol–water partition coefficient (Wildman–Crippen LogP) is 1.83. The van der Waals surface area contributed by atoms with Crippen LogP contribution in [0, 0.1) is 0 Å². The van der Waals surface area contributed by atoms with E-state index in [2.05, 4.69) is 17.4 Å². The first-order valence-electron chi connectivity index (χ1n) is 6.62. The normalized spacial score (nSPS) is 22.1. The molecular formula is C15H19NO3. The lowest BCUT2D eigenvalue weighted by atomic mass is 9.90. The Morgan fingerprint density at radius 2 is 2.11 bits per heavy atom. The zero-order valence-electron chi connectivity index (χ0n) is 11.1. The van der Waals surface area contributed by atoms with Gasteiger partial charge in [0.25, 0.3) is 0 Å². The van der Waals surface area contributed by atoms with Gasteiger partial charge in [-0.25, -0.2) is 4.79 Å². The van der Waals surface area contributed by atoms with Crippen molar-refractivity contribution in [2.24, 2.45) is 0 Å². The van der Waals surface area contributed by atoms with Crippen molar-refractivity contribution in [3.05, 3.63) is 35.9 Å². The minimum absolute atomic E-state index is 0.182. The number of rotatable bonds is 5. The van der Waals surface area contributed by atoms with Gasteiger partial charge < -0.3 is 10.1 Å². The Labute approximate surface area is 113 Å². The largest absolute Gasteiger partial charge is 0.464 e. The van der Waals surface area contributed by atoms with E-state index in [1.807, 2.05) is 18.2 Å². The Hall–Kier alpha value is -1.84. The molecule has 102 valence electrons. The van der Waals surface area contributed by atoms with E-state index in [1.54, 1.807) is 0 Å². The van der Waals surface area contributed by atoms with E-state index >= 15 is 0 Å². The van der Waals surface area contributed by atoms with Crippen molar-refractivity contribution < 1.29 is 14.3 Å². The molecule has 1 saturated heterocycles. The maximum Gasteiger partial charge on any atom is 0.331 e. The number of carbonyl (C=O) groups is 2. The summed E-state index contributed by atoms with van der Waals surface area (Å²) >= 11 is 0. The Bertz CT molecular complexity index is 458. The van der Waals surface area contributed by atoms with Crippen LogP contribution in [0.15, 0.2) is 30.3 Å². The number of esters is 1. The Morgan fingerprint density at radius 1 is 1.37 bits per heavy atom. The zero-order chi connectivity index (χ0) is 13.7. The molecule has 4 nitrogen and oxygen atoms in total. The molecule has 1 aliphatic rings. The van der Waals surface area contributed by atoms with Crippen LogP contribution in [0.1, 0.15) is 31.7 Å². The molecule has 0 aromatic heterocycles. The second-order valence-corrected chi connectivity index (χ2v) is 4.99. The summed E-state index contributed by atoms with van der Waals surface area (Å²) in [5.41, 5.74) is 0.437. The number of hydrogen-bond donors (Lipinski definition) is 1. The molecule has 1 atom stereocenters. The van der Waals surface area contributed by atoms with Gasteiger partial charge in [-0.3, -0.25) is 4.79 Å². The van der Waals surface area contributed by atoms with Crippen molar-refractivity contribution in [3.8, 4) is 0 Å².